The van der Waals surface area contributed by atoms with Crippen LogP contribution in [0, 0.1) is 11.3 Å². The Morgan fingerprint density at radius 3 is 2.62 bits per heavy atom. The zero-order chi connectivity index (χ0) is 28.0. The topological polar surface area (TPSA) is 137 Å². The van der Waals surface area contributed by atoms with Gasteiger partial charge in [0.1, 0.15) is 16.3 Å². The first kappa shape index (κ1) is 26.8. The van der Waals surface area contributed by atoms with Crippen LogP contribution in [0.3, 0.4) is 0 Å². The molecule has 3 heterocycles. The largest absolute Gasteiger partial charge is 0.481 e. The minimum absolute atomic E-state index is 0.216. The highest BCUT2D eigenvalue weighted by molar-refractivity contribution is 7.15. The molecule has 1 fully saturated rings. The summed E-state index contributed by atoms with van der Waals surface area (Å²) in [6.45, 7) is 3.68. The van der Waals surface area contributed by atoms with Crippen LogP contribution in [-0.4, -0.2) is 41.3 Å². The molecule has 0 aliphatic heterocycles. The first-order valence-electron chi connectivity index (χ1n) is 12.1. The zero-order valence-corrected chi connectivity index (χ0v) is 21.8. The Labute approximate surface area is 225 Å². The molecule has 0 spiro atoms. The van der Waals surface area contributed by atoms with Crippen LogP contribution in [0.1, 0.15) is 43.8 Å². The number of H-pyrrole nitrogens is 1. The minimum Gasteiger partial charge on any atom is -0.481 e. The molecule has 0 bridgehead atoms. The maximum Gasteiger partial charge on any atom is 0.433 e. The highest BCUT2D eigenvalue weighted by atomic mass is 32.1. The maximum atomic E-state index is 13.2. The third kappa shape index (κ3) is 5.50. The summed E-state index contributed by atoms with van der Waals surface area (Å²) in [5.41, 5.74) is -0.554. The highest BCUT2D eigenvalue weighted by Gasteiger charge is 2.49. The molecule has 1 saturated carbocycles. The van der Waals surface area contributed by atoms with Crippen molar-refractivity contribution in [2.45, 2.75) is 44.9 Å². The van der Waals surface area contributed by atoms with E-state index in [0.29, 0.717) is 38.8 Å². The Morgan fingerprint density at radius 1 is 1.18 bits per heavy atom. The number of rotatable bonds is 6. The van der Waals surface area contributed by atoms with Crippen LogP contribution in [0.15, 0.2) is 48.9 Å². The van der Waals surface area contributed by atoms with E-state index in [1.165, 1.54) is 11.3 Å². The van der Waals surface area contributed by atoms with Gasteiger partial charge in [-0.1, -0.05) is 13.8 Å². The predicted molar refractivity (Wildman–Crippen MR) is 138 cm³/mol. The number of benzene rings is 1. The number of nitrogens with one attached hydrogen (secondary N) is 2. The van der Waals surface area contributed by atoms with Gasteiger partial charge < -0.3 is 15.5 Å². The number of aromatic amines is 1. The molecule has 13 heteroatoms. The summed E-state index contributed by atoms with van der Waals surface area (Å²) in [6, 6.07) is 7.86. The van der Waals surface area contributed by atoms with Gasteiger partial charge in [-0.2, -0.15) is 18.3 Å². The van der Waals surface area contributed by atoms with E-state index in [2.05, 4.69) is 30.5 Å². The summed E-state index contributed by atoms with van der Waals surface area (Å²) in [4.78, 5) is 24.4. The number of hydrogen-bond donors (Lipinski definition) is 4. The Hall–Kier alpha value is -3.84. The highest BCUT2D eigenvalue weighted by Crippen LogP contribution is 2.51. The van der Waals surface area contributed by atoms with Gasteiger partial charge in [0, 0.05) is 29.8 Å². The predicted octanol–water partition coefficient (Wildman–Crippen LogP) is 5.85. The normalized spacial score (nSPS) is 21.0. The summed E-state index contributed by atoms with van der Waals surface area (Å²) in [5.74, 6) is -1.65. The Bertz CT molecular complexity index is 1500. The van der Waals surface area contributed by atoms with Gasteiger partial charge in [0.05, 0.1) is 16.5 Å². The lowest BCUT2D eigenvalue weighted by Crippen LogP contribution is -2.44. The SMILES string of the molecule is CC1(C)CC(O)(c2ncc(-c3cc(Nc4nccc(C(F)(F)F)n4)cc(-c4cc[nH]n4)c3)s2)CCC1C(=O)O. The Balaban J connectivity index is 1.49. The first-order chi connectivity index (χ1) is 18.3. The third-order valence-corrected chi connectivity index (χ3v) is 8.20. The summed E-state index contributed by atoms with van der Waals surface area (Å²) < 4.78 is 39.5. The molecule has 9 nitrogen and oxygen atoms in total. The van der Waals surface area contributed by atoms with E-state index in [-0.39, 0.29) is 18.8 Å². The summed E-state index contributed by atoms with van der Waals surface area (Å²) in [6.07, 6.45) is 0.549. The van der Waals surface area contributed by atoms with E-state index < -0.39 is 34.8 Å². The van der Waals surface area contributed by atoms with Gasteiger partial charge in [0.25, 0.3) is 0 Å². The van der Waals surface area contributed by atoms with Gasteiger partial charge in [-0.15, -0.1) is 11.3 Å². The van der Waals surface area contributed by atoms with Gasteiger partial charge in [-0.25, -0.2) is 15.0 Å². The molecule has 3 aromatic heterocycles. The lowest BCUT2D eigenvalue weighted by atomic mass is 9.63. The molecule has 5 rings (SSSR count). The van der Waals surface area contributed by atoms with Crippen molar-refractivity contribution in [2.75, 3.05) is 5.32 Å². The third-order valence-electron chi connectivity index (χ3n) is 6.96. The fourth-order valence-electron chi connectivity index (χ4n) is 5.12. The van der Waals surface area contributed by atoms with Crippen LogP contribution in [0.4, 0.5) is 24.8 Å². The molecule has 4 aromatic rings. The van der Waals surface area contributed by atoms with Crippen molar-refractivity contribution in [2.24, 2.45) is 11.3 Å². The van der Waals surface area contributed by atoms with Crippen LogP contribution in [0.2, 0.25) is 0 Å². The average Bonchev–Trinajstić information content (AvgIpc) is 3.56. The average molecular weight is 559 g/mol. The molecule has 1 aliphatic carbocycles. The van der Waals surface area contributed by atoms with Crippen LogP contribution < -0.4 is 5.32 Å². The molecule has 2 atom stereocenters. The smallest absolute Gasteiger partial charge is 0.433 e. The van der Waals surface area contributed by atoms with Crippen LogP contribution in [-0.2, 0) is 16.6 Å². The van der Waals surface area contributed by atoms with Crippen molar-refractivity contribution < 1.29 is 28.2 Å². The number of thiazole rings is 1. The number of carboxylic acid groups (broad SMARTS) is 1. The van der Waals surface area contributed by atoms with E-state index in [9.17, 15) is 28.2 Å². The molecule has 4 N–H and O–H groups in total. The molecule has 0 saturated heterocycles. The summed E-state index contributed by atoms with van der Waals surface area (Å²) >= 11 is 1.28. The van der Waals surface area contributed by atoms with Crippen molar-refractivity contribution >= 4 is 28.9 Å². The molecular formula is C26H25F3N6O3S. The molecule has 0 radical (unpaired) electrons. The Morgan fingerprint density at radius 2 is 1.95 bits per heavy atom. The molecule has 204 valence electrons. The Kier molecular flexibility index (Phi) is 6.67. The fraction of sp³-hybridized carbons (Fsp3) is 0.346. The number of halogens is 3. The molecular weight excluding hydrogens is 533 g/mol. The minimum atomic E-state index is -4.61. The maximum absolute atomic E-state index is 13.2. The number of anilines is 2. The van der Waals surface area contributed by atoms with Gasteiger partial charge in [-0.3, -0.25) is 9.89 Å². The lowest BCUT2D eigenvalue weighted by molar-refractivity contribution is -0.154. The summed E-state index contributed by atoms with van der Waals surface area (Å²) in [5, 5.41) is 31.4. The van der Waals surface area contributed by atoms with Crippen molar-refractivity contribution in [1.82, 2.24) is 25.1 Å². The standard InChI is InChI=1S/C26H25F3N6O3S/c1-24(2)13-25(38,6-3-17(24)21(36)37)22-31-12-19(39-22)15-9-14(18-4-8-32-35-18)10-16(11-15)33-23-30-7-5-20(34-23)26(27,28)29/h4-5,7-12,17,38H,3,6,13H2,1-2H3,(H,32,35)(H,36,37)(H,30,33,34). The lowest BCUT2D eigenvalue weighted by Gasteiger charge is -2.44. The van der Waals surface area contributed by atoms with Crippen molar-refractivity contribution in [3.63, 3.8) is 0 Å². The van der Waals surface area contributed by atoms with Gasteiger partial charge in [-0.05, 0) is 60.6 Å². The number of aromatic nitrogens is 5. The van der Waals surface area contributed by atoms with E-state index in [1.54, 1.807) is 30.6 Å². The van der Waals surface area contributed by atoms with E-state index in [1.807, 2.05) is 19.9 Å². The van der Waals surface area contributed by atoms with Gasteiger partial charge >= 0.3 is 12.1 Å². The number of nitrogens with zero attached hydrogens (tertiary/aromatic N) is 4. The monoisotopic (exact) mass is 558 g/mol. The van der Waals surface area contributed by atoms with E-state index in [4.69, 9.17) is 0 Å². The van der Waals surface area contributed by atoms with Crippen LogP contribution in [0.25, 0.3) is 21.7 Å². The quantitative estimate of drug-likeness (QED) is 0.231. The van der Waals surface area contributed by atoms with E-state index in [0.717, 1.165) is 12.3 Å². The fourth-order valence-corrected chi connectivity index (χ4v) is 6.14. The van der Waals surface area contributed by atoms with E-state index >= 15 is 0 Å². The number of carboxylic acids is 1. The molecule has 2 unspecified atom stereocenters. The van der Waals surface area contributed by atoms with Crippen molar-refractivity contribution in [3.8, 4) is 21.7 Å². The van der Waals surface area contributed by atoms with Crippen molar-refractivity contribution in [3.05, 3.63) is 59.6 Å². The number of aliphatic carboxylic acids is 1. The van der Waals surface area contributed by atoms with Gasteiger partial charge in [0.15, 0.2) is 0 Å². The second kappa shape index (κ2) is 9.72. The molecule has 1 aromatic carbocycles. The number of aliphatic hydroxyl groups is 1. The zero-order valence-electron chi connectivity index (χ0n) is 21.0. The first-order valence-corrected chi connectivity index (χ1v) is 12.9. The second-order valence-electron chi connectivity index (χ2n) is 10.3. The summed E-state index contributed by atoms with van der Waals surface area (Å²) in [7, 11) is 0. The molecule has 0 amide bonds. The number of carbonyl (C=O) groups is 1. The molecule has 1 aliphatic rings. The second-order valence-corrected chi connectivity index (χ2v) is 11.3. The van der Waals surface area contributed by atoms with Crippen LogP contribution in [0.5, 0.6) is 0 Å². The number of hydrogen-bond acceptors (Lipinski definition) is 8. The van der Waals surface area contributed by atoms with Crippen molar-refractivity contribution in [1.29, 1.82) is 0 Å². The van der Waals surface area contributed by atoms with Crippen LogP contribution >= 0.6 is 11.3 Å². The molecule has 39 heavy (non-hydrogen) atoms. The number of alkyl halides is 3. The van der Waals surface area contributed by atoms with Gasteiger partial charge in [0.2, 0.25) is 5.95 Å².